The zero-order valence-electron chi connectivity index (χ0n) is 28.4. The number of nitrogens with one attached hydrogen (secondary N) is 2. The number of benzene rings is 2. The minimum atomic E-state index is -1.18. The lowest BCUT2D eigenvalue weighted by Gasteiger charge is -2.42. The summed E-state index contributed by atoms with van der Waals surface area (Å²) in [5.41, 5.74) is -0.336. The minimum Gasteiger partial charge on any atom is -0.457 e. The van der Waals surface area contributed by atoms with E-state index in [4.69, 9.17) is 18.3 Å². The average Bonchev–Trinajstić information content (AvgIpc) is 3.68. The maximum absolute atomic E-state index is 14.4. The molecular formula is C36H39FN4O9. The van der Waals surface area contributed by atoms with Gasteiger partial charge in [-0.25, -0.2) is 14.3 Å². The summed E-state index contributed by atoms with van der Waals surface area (Å²) >= 11 is 0. The standard InChI is InChI=1S/C36H39FN4O9/c1-6-36(7-2,34(45)47-19-29-22(5)48-35(46)50-29)30-16-15-27(24-9-8-10-25(37)18-24)41(30)33(44)21(4)38-31(42)23-11-13-26(14-12-23)49-28-17-20(3)39-40-32(28)43/h8-14,17-18,21,27,30H,6-7,15-16,19H2,1-5H3,(H,38,42)(H,40,43)/t21-,27+,30-/m1/s1. The summed E-state index contributed by atoms with van der Waals surface area (Å²) in [5, 5.41) is 8.91. The highest BCUT2D eigenvalue weighted by Gasteiger charge is 2.53. The van der Waals surface area contributed by atoms with E-state index in [9.17, 15) is 28.4 Å². The summed E-state index contributed by atoms with van der Waals surface area (Å²) in [5.74, 6) is -2.33. The van der Waals surface area contributed by atoms with Crippen LogP contribution in [0.15, 0.2) is 73.0 Å². The number of esters is 1. The SMILES string of the molecule is CCC(CC)(C(=O)OCc1oc(=O)oc1C)[C@H]1CC[C@@H](c2cccc(F)c2)N1C(=O)[C@@H](C)NC(=O)c1ccc(Oc2cc(C)n[nH]c2=O)cc1. The third kappa shape index (κ3) is 7.38. The molecule has 14 heteroatoms. The highest BCUT2D eigenvalue weighted by Crippen LogP contribution is 2.47. The Bertz CT molecular complexity index is 1980. The fraction of sp³-hybridized carbons (Fsp3) is 0.389. The molecule has 264 valence electrons. The minimum absolute atomic E-state index is 0.0456. The van der Waals surface area contributed by atoms with Gasteiger partial charge in [-0.1, -0.05) is 26.0 Å². The molecule has 0 spiro atoms. The number of carbonyl (C=O) groups excluding carboxylic acids is 3. The van der Waals surface area contributed by atoms with Gasteiger partial charge in [0.1, 0.15) is 17.6 Å². The molecular weight excluding hydrogens is 651 g/mol. The van der Waals surface area contributed by atoms with Crippen molar-refractivity contribution in [2.75, 3.05) is 0 Å². The van der Waals surface area contributed by atoms with Crippen molar-refractivity contribution in [2.24, 2.45) is 5.41 Å². The first kappa shape index (κ1) is 35.8. The molecule has 13 nitrogen and oxygen atoms in total. The first-order valence-electron chi connectivity index (χ1n) is 16.4. The molecule has 4 aromatic rings. The largest absolute Gasteiger partial charge is 0.519 e. The molecule has 1 fully saturated rings. The van der Waals surface area contributed by atoms with Crippen LogP contribution in [-0.4, -0.2) is 45.0 Å². The van der Waals surface area contributed by atoms with Gasteiger partial charge in [0.05, 0.1) is 17.2 Å². The second-order valence-corrected chi connectivity index (χ2v) is 12.3. The lowest BCUT2D eigenvalue weighted by molar-refractivity contribution is -0.165. The Labute approximate surface area is 286 Å². The highest BCUT2D eigenvalue weighted by atomic mass is 19.1. The molecule has 0 unspecified atom stereocenters. The first-order valence-corrected chi connectivity index (χ1v) is 16.4. The smallest absolute Gasteiger partial charge is 0.457 e. The zero-order valence-corrected chi connectivity index (χ0v) is 28.4. The summed E-state index contributed by atoms with van der Waals surface area (Å²) in [4.78, 5) is 66.8. The predicted octanol–water partition coefficient (Wildman–Crippen LogP) is 5.26. The van der Waals surface area contributed by atoms with E-state index in [1.165, 1.54) is 49.4 Å². The Morgan fingerprint density at radius 2 is 1.78 bits per heavy atom. The van der Waals surface area contributed by atoms with Gasteiger partial charge in [0.2, 0.25) is 5.91 Å². The number of carbonyl (C=O) groups is 3. The van der Waals surface area contributed by atoms with Gasteiger partial charge in [-0.2, -0.15) is 5.10 Å². The van der Waals surface area contributed by atoms with E-state index in [0.717, 1.165) is 0 Å². The van der Waals surface area contributed by atoms with Crippen LogP contribution < -0.4 is 21.4 Å². The van der Waals surface area contributed by atoms with Gasteiger partial charge in [-0.3, -0.25) is 19.2 Å². The molecule has 0 aliphatic carbocycles. The summed E-state index contributed by atoms with van der Waals surface area (Å²) in [7, 11) is 0. The molecule has 2 aromatic heterocycles. The van der Waals surface area contributed by atoms with Crippen LogP contribution in [-0.2, 0) is 20.9 Å². The van der Waals surface area contributed by atoms with Gasteiger partial charge in [0.25, 0.3) is 5.91 Å². The second-order valence-electron chi connectivity index (χ2n) is 12.3. The van der Waals surface area contributed by atoms with Crippen molar-refractivity contribution in [3.63, 3.8) is 0 Å². The molecule has 0 radical (unpaired) electrons. The van der Waals surface area contributed by atoms with E-state index < -0.39 is 58.5 Å². The van der Waals surface area contributed by atoms with Crippen molar-refractivity contribution in [3.8, 4) is 11.5 Å². The zero-order chi connectivity index (χ0) is 36.2. The topological polar surface area (TPSA) is 174 Å². The van der Waals surface area contributed by atoms with Crippen LogP contribution in [0.5, 0.6) is 11.5 Å². The third-order valence-corrected chi connectivity index (χ3v) is 9.31. The van der Waals surface area contributed by atoms with Gasteiger partial charge in [0.15, 0.2) is 23.9 Å². The van der Waals surface area contributed by atoms with Crippen LogP contribution in [0, 0.1) is 25.1 Å². The number of aromatic amines is 1. The van der Waals surface area contributed by atoms with Gasteiger partial charge < -0.3 is 28.5 Å². The van der Waals surface area contributed by atoms with Crippen LogP contribution in [0.2, 0.25) is 0 Å². The number of hydrogen-bond donors (Lipinski definition) is 2. The van der Waals surface area contributed by atoms with Crippen molar-refractivity contribution < 1.29 is 37.1 Å². The van der Waals surface area contributed by atoms with E-state index in [1.54, 1.807) is 30.9 Å². The van der Waals surface area contributed by atoms with Crippen molar-refractivity contribution >= 4 is 17.8 Å². The van der Waals surface area contributed by atoms with E-state index in [2.05, 4.69) is 15.5 Å². The monoisotopic (exact) mass is 690 g/mol. The molecule has 1 aliphatic heterocycles. The number of nitrogens with zero attached hydrogens (tertiary/aromatic N) is 2. The van der Waals surface area contributed by atoms with E-state index in [-0.39, 0.29) is 29.4 Å². The quantitative estimate of drug-likeness (QED) is 0.187. The fourth-order valence-corrected chi connectivity index (χ4v) is 6.55. The molecule has 50 heavy (non-hydrogen) atoms. The number of aryl methyl sites for hydroxylation is 2. The summed E-state index contributed by atoms with van der Waals surface area (Å²) in [6.07, 6.45) is 1.46. The van der Waals surface area contributed by atoms with Gasteiger partial charge in [0, 0.05) is 17.7 Å². The number of aromatic nitrogens is 2. The maximum atomic E-state index is 14.4. The Morgan fingerprint density at radius 1 is 1.06 bits per heavy atom. The second kappa shape index (κ2) is 14.9. The summed E-state index contributed by atoms with van der Waals surface area (Å²) in [6, 6.07) is 11.2. The molecule has 0 bridgehead atoms. The fourth-order valence-electron chi connectivity index (χ4n) is 6.55. The van der Waals surface area contributed by atoms with Crippen LogP contribution in [0.25, 0.3) is 0 Å². The molecule has 3 atom stereocenters. The van der Waals surface area contributed by atoms with Crippen LogP contribution in [0.4, 0.5) is 4.39 Å². The lowest BCUT2D eigenvalue weighted by Crippen LogP contribution is -2.56. The number of hydrogen-bond acceptors (Lipinski definition) is 10. The molecule has 1 aliphatic rings. The Balaban J connectivity index is 1.38. The number of rotatable bonds is 12. The molecule has 1 saturated heterocycles. The Kier molecular flexibility index (Phi) is 10.7. The first-order chi connectivity index (χ1) is 23.9. The molecule has 2 N–H and O–H groups in total. The Morgan fingerprint density at radius 3 is 2.42 bits per heavy atom. The number of H-pyrrole nitrogens is 1. The average molecular weight is 691 g/mol. The molecule has 5 rings (SSSR count). The predicted molar refractivity (Wildman–Crippen MR) is 177 cm³/mol. The number of ether oxygens (including phenoxy) is 2. The van der Waals surface area contributed by atoms with Gasteiger partial charge >= 0.3 is 17.4 Å². The van der Waals surface area contributed by atoms with Gasteiger partial charge in [-0.15, -0.1) is 0 Å². The van der Waals surface area contributed by atoms with E-state index >= 15 is 0 Å². The summed E-state index contributed by atoms with van der Waals surface area (Å²) < 4.78 is 35.6. The molecule has 3 heterocycles. The van der Waals surface area contributed by atoms with Crippen LogP contribution in [0.1, 0.15) is 85.6 Å². The Hall–Kier alpha value is -5.53. The number of halogens is 1. The molecule has 0 saturated carbocycles. The maximum Gasteiger partial charge on any atom is 0.519 e. The number of likely N-dealkylation sites (tertiary alicyclic amines) is 1. The van der Waals surface area contributed by atoms with Gasteiger partial charge in [-0.05, 0) is 88.4 Å². The van der Waals surface area contributed by atoms with Crippen molar-refractivity contribution in [2.45, 2.75) is 85.0 Å². The summed E-state index contributed by atoms with van der Waals surface area (Å²) in [6.45, 7) is 8.10. The van der Waals surface area contributed by atoms with Crippen LogP contribution in [0.3, 0.4) is 0 Å². The van der Waals surface area contributed by atoms with Crippen molar-refractivity contribution in [1.82, 2.24) is 20.4 Å². The van der Waals surface area contributed by atoms with Crippen LogP contribution >= 0.6 is 0 Å². The number of amides is 2. The third-order valence-electron chi connectivity index (χ3n) is 9.31. The van der Waals surface area contributed by atoms with Crippen molar-refractivity contribution in [3.05, 3.63) is 110 Å². The molecule has 2 amide bonds. The van der Waals surface area contributed by atoms with E-state index in [0.29, 0.717) is 42.7 Å². The highest BCUT2D eigenvalue weighted by molar-refractivity contribution is 5.97. The van der Waals surface area contributed by atoms with Crippen molar-refractivity contribution in [1.29, 1.82) is 0 Å². The lowest BCUT2D eigenvalue weighted by atomic mass is 9.74. The molecule has 2 aromatic carbocycles. The normalized spacial score (nSPS) is 16.6. The van der Waals surface area contributed by atoms with E-state index in [1.807, 2.05) is 13.8 Å².